The number of likely N-dealkylation sites (tertiary alicyclic amines) is 2. The van der Waals surface area contributed by atoms with E-state index in [0.717, 1.165) is 48.9 Å². The highest BCUT2D eigenvalue weighted by molar-refractivity contribution is 6.07. The van der Waals surface area contributed by atoms with Gasteiger partial charge in [0.25, 0.3) is 5.91 Å². The van der Waals surface area contributed by atoms with Crippen LogP contribution in [0.25, 0.3) is 22.3 Å². The van der Waals surface area contributed by atoms with Crippen LogP contribution in [0.15, 0.2) is 73.1 Å². The molecule has 0 aliphatic carbocycles. The van der Waals surface area contributed by atoms with Gasteiger partial charge in [0.15, 0.2) is 11.6 Å². The van der Waals surface area contributed by atoms with Gasteiger partial charge < -0.3 is 39.6 Å². The summed E-state index contributed by atoms with van der Waals surface area (Å²) in [4.78, 5) is 50.3. The topological polar surface area (TPSA) is 185 Å². The fourth-order valence-corrected chi connectivity index (χ4v) is 9.80. The Morgan fingerprint density at radius 2 is 1.73 bits per heavy atom. The molecule has 9 rings (SSSR count). The van der Waals surface area contributed by atoms with Gasteiger partial charge >= 0.3 is 6.03 Å². The number of amides is 4. The van der Waals surface area contributed by atoms with Gasteiger partial charge in [-0.15, -0.1) is 10.2 Å². The molecule has 4 fully saturated rings. The number of aromatic hydroxyl groups is 1. The van der Waals surface area contributed by atoms with Gasteiger partial charge in [0.1, 0.15) is 22.8 Å². The van der Waals surface area contributed by atoms with Crippen LogP contribution >= 0.6 is 0 Å². The average molecular weight is 861 g/mol. The van der Waals surface area contributed by atoms with Crippen LogP contribution < -0.4 is 25.6 Å². The Morgan fingerprint density at radius 3 is 2.44 bits per heavy atom. The standard InChI is InChI=1S/C46H53FN10O6/c1-62-33-23-31(26-55(27-33)37-24-36(51-52-42(37)48)34-5-3-4-6-39(34)58)29-7-9-30(10-8-29)44(60)54-21-15-46(47,16-22-54)28-53-17-11-32(12-18-53)56-19-13-35-41(63-2)38(25-49-43(35)56)57-20-14-40(59)50-45(57)61/h3-10,13,19,24-25,31-33,58H,11-12,14-18,20-23,26-28H2,1-2H3,(H2,48,52)(H,50,59,61). The van der Waals surface area contributed by atoms with E-state index in [0.29, 0.717) is 72.5 Å². The van der Waals surface area contributed by atoms with Crippen molar-refractivity contribution in [3.63, 3.8) is 0 Å². The van der Waals surface area contributed by atoms with Gasteiger partial charge in [-0.25, -0.2) is 14.2 Å². The number of ether oxygens (including phenoxy) is 2. The highest BCUT2D eigenvalue weighted by atomic mass is 19.1. The Kier molecular flexibility index (Phi) is 11.6. The molecule has 4 saturated heterocycles. The number of halogens is 1. The Labute approximate surface area is 364 Å². The number of pyridine rings is 1. The zero-order chi connectivity index (χ0) is 43.8. The minimum Gasteiger partial charge on any atom is -0.507 e. The number of urea groups is 1. The molecule has 2 atom stereocenters. The molecule has 17 heteroatoms. The first-order chi connectivity index (χ1) is 30.5. The van der Waals surface area contributed by atoms with Crippen LogP contribution in [0.1, 0.15) is 66.4 Å². The normalized spacial score (nSPS) is 21.2. The molecule has 3 aromatic heterocycles. The number of nitrogen functional groups attached to an aromatic ring is 1. The zero-order valence-corrected chi connectivity index (χ0v) is 35.6. The number of alkyl halides is 1. The predicted octanol–water partition coefficient (Wildman–Crippen LogP) is 5.53. The number of carbonyl (C=O) groups is 3. The number of nitrogens with zero attached hydrogens (tertiary/aromatic N) is 8. The molecule has 4 aliphatic heterocycles. The van der Waals surface area contributed by atoms with Crippen LogP contribution in [0.4, 0.5) is 26.4 Å². The smallest absolute Gasteiger partial charge is 0.328 e. The molecule has 0 saturated carbocycles. The Balaban J connectivity index is 0.786. The lowest BCUT2D eigenvalue weighted by Gasteiger charge is -2.41. The molecule has 16 nitrogen and oxygen atoms in total. The van der Waals surface area contributed by atoms with E-state index in [-0.39, 0.29) is 61.4 Å². The molecule has 2 aromatic carbocycles. The monoisotopic (exact) mass is 860 g/mol. The van der Waals surface area contributed by atoms with Crippen LogP contribution in [-0.2, 0) is 9.53 Å². The number of nitrogens with one attached hydrogen (secondary N) is 1. The van der Waals surface area contributed by atoms with E-state index < -0.39 is 11.7 Å². The maximum atomic E-state index is 16.4. The SMILES string of the molecule is COc1c(N2CCC(=O)NC2=O)cnc2c1ccn2C1CCN(CC2(F)CCN(C(=O)c3ccc(C4CC(OC)CN(c5cc(-c6ccccc6O)nnc5N)C4)cc3)CC2)CC1. The van der Waals surface area contributed by atoms with E-state index in [1.54, 1.807) is 43.5 Å². The fraction of sp³-hybridized carbons (Fsp3) is 0.435. The van der Waals surface area contributed by atoms with Crippen molar-refractivity contribution in [2.45, 2.75) is 62.3 Å². The number of phenols is 1. The fourth-order valence-electron chi connectivity index (χ4n) is 9.80. The number of piperidine rings is 3. The summed E-state index contributed by atoms with van der Waals surface area (Å²) in [6.07, 6.45) is 6.74. The molecule has 0 spiro atoms. The van der Waals surface area contributed by atoms with Crippen molar-refractivity contribution in [1.29, 1.82) is 0 Å². The molecule has 4 N–H and O–H groups in total. The highest BCUT2D eigenvalue weighted by Gasteiger charge is 2.39. The largest absolute Gasteiger partial charge is 0.507 e. The molecule has 7 heterocycles. The Morgan fingerprint density at radius 1 is 0.968 bits per heavy atom. The number of carbonyl (C=O) groups excluding carboxylic acids is 3. The van der Waals surface area contributed by atoms with Crippen molar-refractivity contribution in [3.05, 3.63) is 84.2 Å². The van der Waals surface area contributed by atoms with Crippen LogP contribution in [-0.4, -0.2) is 131 Å². The zero-order valence-electron chi connectivity index (χ0n) is 35.6. The molecule has 330 valence electrons. The number of nitrogens with two attached hydrogens (primary N) is 1. The lowest BCUT2D eigenvalue weighted by atomic mass is 9.88. The van der Waals surface area contributed by atoms with Crippen molar-refractivity contribution in [2.75, 3.05) is 82.1 Å². The van der Waals surface area contributed by atoms with Gasteiger partial charge in [0.2, 0.25) is 5.91 Å². The summed E-state index contributed by atoms with van der Waals surface area (Å²) in [5, 5.41) is 22.0. The van der Waals surface area contributed by atoms with Crippen LogP contribution in [0.2, 0.25) is 0 Å². The van der Waals surface area contributed by atoms with Gasteiger partial charge in [-0.05, 0) is 61.2 Å². The van der Waals surface area contributed by atoms with Crippen LogP contribution in [0, 0.1) is 0 Å². The third kappa shape index (κ3) is 8.46. The van der Waals surface area contributed by atoms with Crippen LogP contribution in [0.5, 0.6) is 11.5 Å². The first-order valence-electron chi connectivity index (χ1n) is 21.7. The lowest BCUT2D eigenvalue weighted by molar-refractivity contribution is -0.120. The van der Waals surface area contributed by atoms with E-state index in [4.69, 9.17) is 20.2 Å². The molecule has 5 aromatic rings. The number of phenolic OH excluding ortho intramolecular Hbond substituents is 1. The molecule has 0 bridgehead atoms. The summed E-state index contributed by atoms with van der Waals surface area (Å²) in [5.41, 5.74) is 9.69. The van der Waals surface area contributed by atoms with E-state index in [2.05, 4.69) is 29.9 Å². The number of hydrogen-bond donors (Lipinski definition) is 3. The number of aromatic nitrogens is 4. The second kappa shape index (κ2) is 17.4. The first-order valence-corrected chi connectivity index (χ1v) is 21.7. The van der Waals surface area contributed by atoms with Crippen molar-refractivity contribution in [3.8, 4) is 22.8 Å². The third-order valence-electron chi connectivity index (χ3n) is 13.3. The minimum atomic E-state index is -1.38. The predicted molar refractivity (Wildman–Crippen MR) is 236 cm³/mol. The van der Waals surface area contributed by atoms with Crippen LogP contribution in [0.3, 0.4) is 0 Å². The van der Waals surface area contributed by atoms with E-state index in [9.17, 15) is 19.5 Å². The van der Waals surface area contributed by atoms with E-state index >= 15 is 4.39 Å². The summed E-state index contributed by atoms with van der Waals surface area (Å²) < 4.78 is 30.2. The number of benzene rings is 2. The molecule has 4 aliphatic rings. The average Bonchev–Trinajstić information content (AvgIpc) is 3.74. The number of anilines is 3. The number of rotatable bonds is 10. The maximum Gasteiger partial charge on any atom is 0.328 e. The molecular weight excluding hydrogens is 808 g/mol. The van der Waals surface area contributed by atoms with Crippen molar-refractivity contribution < 1.29 is 33.4 Å². The number of hydrogen-bond acceptors (Lipinski definition) is 12. The number of imide groups is 1. The van der Waals surface area contributed by atoms with E-state index in [1.807, 2.05) is 48.7 Å². The lowest BCUT2D eigenvalue weighted by Crippen LogP contribution is -2.51. The molecule has 2 unspecified atom stereocenters. The summed E-state index contributed by atoms with van der Waals surface area (Å²) in [7, 11) is 3.26. The molecule has 4 amide bonds. The Bertz CT molecular complexity index is 2500. The quantitative estimate of drug-likeness (QED) is 0.160. The number of fused-ring (bicyclic) bond motifs is 1. The minimum absolute atomic E-state index is 0.0732. The summed E-state index contributed by atoms with van der Waals surface area (Å²) in [6.45, 7) is 4.01. The molecule has 63 heavy (non-hydrogen) atoms. The molecular formula is C46H53FN10O6. The highest BCUT2D eigenvalue weighted by Crippen LogP contribution is 2.40. The third-order valence-corrected chi connectivity index (χ3v) is 13.3. The van der Waals surface area contributed by atoms with Gasteiger partial charge in [-0.3, -0.25) is 19.8 Å². The van der Waals surface area contributed by atoms with E-state index in [1.165, 1.54) is 4.90 Å². The Hall–Kier alpha value is -6.33. The summed E-state index contributed by atoms with van der Waals surface area (Å²) >= 11 is 0. The van der Waals surface area contributed by atoms with Crippen molar-refractivity contribution in [2.24, 2.45) is 0 Å². The summed E-state index contributed by atoms with van der Waals surface area (Å²) in [5.74, 6) is 0.617. The first kappa shape index (κ1) is 42.0. The number of para-hydroxylation sites is 1. The van der Waals surface area contributed by atoms with Gasteiger partial charge in [0.05, 0.1) is 36.2 Å². The second-order valence-electron chi connectivity index (χ2n) is 17.2. The van der Waals surface area contributed by atoms with Crippen molar-refractivity contribution in [1.82, 2.24) is 34.9 Å². The summed E-state index contributed by atoms with van der Waals surface area (Å²) in [6, 6.07) is 18.2. The number of methoxy groups -OCH3 is 2. The second-order valence-corrected chi connectivity index (χ2v) is 17.2. The van der Waals surface area contributed by atoms with Gasteiger partial charge in [-0.2, -0.15) is 0 Å². The van der Waals surface area contributed by atoms with Gasteiger partial charge in [0, 0.05) is 108 Å². The maximum absolute atomic E-state index is 16.4. The molecule has 0 radical (unpaired) electrons. The van der Waals surface area contributed by atoms with Crippen molar-refractivity contribution >= 4 is 46.1 Å². The van der Waals surface area contributed by atoms with Gasteiger partial charge in [-0.1, -0.05) is 24.3 Å².